The zero-order valence-electron chi connectivity index (χ0n) is 14.7. The molecule has 2 aromatic carbocycles. The van der Waals surface area contributed by atoms with E-state index in [1.165, 1.54) is 36.5 Å². The van der Waals surface area contributed by atoms with Crippen molar-refractivity contribution in [3.8, 4) is 0 Å². The number of halogens is 1. The zero-order valence-corrected chi connectivity index (χ0v) is 14.7. The van der Waals surface area contributed by atoms with Gasteiger partial charge in [0.25, 0.3) is 11.8 Å². The SMILES string of the molecule is Cc1cccc(CNC(=O)c2cc(C(=O)Nc3cccc(F)c3)ccn2)c1. The first kappa shape index (κ1) is 18.3. The lowest BCUT2D eigenvalue weighted by molar-refractivity contribution is 0.0946. The molecule has 0 radical (unpaired) electrons. The van der Waals surface area contributed by atoms with E-state index >= 15 is 0 Å². The maximum absolute atomic E-state index is 13.2. The lowest BCUT2D eigenvalue weighted by atomic mass is 10.1. The predicted molar refractivity (Wildman–Crippen MR) is 101 cm³/mol. The summed E-state index contributed by atoms with van der Waals surface area (Å²) in [5.74, 6) is -1.27. The first-order valence-corrected chi connectivity index (χ1v) is 8.38. The van der Waals surface area contributed by atoms with Gasteiger partial charge in [-0.2, -0.15) is 0 Å². The molecule has 0 fully saturated rings. The lowest BCUT2D eigenvalue weighted by Gasteiger charge is -2.08. The van der Waals surface area contributed by atoms with Crippen LogP contribution in [0.3, 0.4) is 0 Å². The van der Waals surface area contributed by atoms with Gasteiger partial charge in [0, 0.05) is 24.0 Å². The third-order valence-corrected chi connectivity index (χ3v) is 3.87. The van der Waals surface area contributed by atoms with Gasteiger partial charge < -0.3 is 10.6 Å². The highest BCUT2D eigenvalue weighted by atomic mass is 19.1. The molecule has 0 unspecified atom stereocenters. The van der Waals surface area contributed by atoms with Crippen molar-refractivity contribution in [1.82, 2.24) is 10.3 Å². The van der Waals surface area contributed by atoms with Crippen molar-refractivity contribution in [3.05, 3.63) is 95.1 Å². The van der Waals surface area contributed by atoms with E-state index in [1.54, 1.807) is 6.07 Å². The zero-order chi connectivity index (χ0) is 19.2. The fourth-order valence-electron chi connectivity index (χ4n) is 2.56. The number of aromatic nitrogens is 1. The molecule has 2 N–H and O–H groups in total. The van der Waals surface area contributed by atoms with E-state index in [0.717, 1.165) is 11.1 Å². The summed E-state index contributed by atoms with van der Waals surface area (Å²) in [5.41, 5.74) is 2.81. The Morgan fingerprint density at radius 3 is 2.59 bits per heavy atom. The molecule has 1 heterocycles. The van der Waals surface area contributed by atoms with Crippen LogP contribution in [0.15, 0.2) is 66.9 Å². The van der Waals surface area contributed by atoms with Crippen LogP contribution in [0.25, 0.3) is 0 Å². The topological polar surface area (TPSA) is 71.1 Å². The average Bonchev–Trinajstić information content (AvgIpc) is 2.66. The maximum atomic E-state index is 13.2. The van der Waals surface area contributed by atoms with Crippen LogP contribution in [-0.2, 0) is 6.54 Å². The quantitative estimate of drug-likeness (QED) is 0.726. The van der Waals surface area contributed by atoms with Crippen LogP contribution < -0.4 is 10.6 Å². The number of benzene rings is 2. The summed E-state index contributed by atoms with van der Waals surface area (Å²) in [7, 11) is 0. The molecule has 0 aliphatic rings. The van der Waals surface area contributed by atoms with Gasteiger partial charge in [0.1, 0.15) is 11.5 Å². The fourth-order valence-corrected chi connectivity index (χ4v) is 2.56. The molecule has 27 heavy (non-hydrogen) atoms. The number of amides is 2. The van der Waals surface area contributed by atoms with E-state index in [9.17, 15) is 14.0 Å². The summed E-state index contributed by atoms with van der Waals surface area (Å²) in [4.78, 5) is 28.7. The lowest BCUT2D eigenvalue weighted by Crippen LogP contribution is -2.24. The van der Waals surface area contributed by atoms with Crippen molar-refractivity contribution < 1.29 is 14.0 Å². The molecule has 0 aliphatic carbocycles. The Labute approximate surface area is 156 Å². The normalized spacial score (nSPS) is 10.3. The van der Waals surface area contributed by atoms with Gasteiger partial charge >= 0.3 is 0 Å². The number of rotatable bonds is 5. The Bertz CT molecular complexity index is 988. The largest absolute Gasteiger partial charge is 0.347 e. The van der Waals surface area contributed by atoms with Gasteiger partial charge in [-0.25, -0.2) is 4.39 Å². The van der Waals surface area contributed by atoms with Crippen molar-refractivity contribution in [2.45, 2.75) is 13.5 Å². The van der Waals surface area contributed by atoms with Crippen LogP contribution in [-0.4, -0.2) is 16.8 Å². The fraction of sp³-hybridized carbons (Fsp3) is 0.0952. The molecule has 3 rings (SSSR count). The number of hydrogen-bond acceptors (Lipinski definition) is 3. The van der Waals surface area contributed by atoms with Crippen LogP contribution in [0, 0.1) is 12.7 Å². The monoisotopic (exact) mass is 363 g/mol. The van der Waals surface area contributed by atoms with Crippen molar-refractivity contribution in [2.75, 3.05) is 5.32 Å². The van der Waals surface area contributed by atoms with Crippen molar-refractivity contribution in [3.63, 3.8) is 0 Å². The molecule has 0 atom stereocenters. The first-order chi connectivity index (χ1) is 13.0. The molecular formula is C21H18FN3O2. The van der Waals surface area contributed by atoms with Crippen LogP contribution in [0.1, 0.15) is 32.0 Å². The summed E-state index contributed by atoms with van der Waals surface area (Å²) >= 11 is 0. The second-order valence-corrected chi connectivity index (χ2v) is 6.07. The molecule has 6 heteroatoms. The minimum atomic E-state index is -0.448. The van der Waals surface area contributed by atoms with E-state index in [4.69, 9.17) is 0 Å². The molecule has 1 aromatic heterocycles. The van der Waals surface area contributed by atoms with E-state index in [0.29, 0.717) is 12.2 Å². The number of aryl methyl sites for hydroxylation is 1. The summed E-state index contributed by atoms with van der Waals surface area (Å²) in [5, 5.41) is 5.37. The van der Waals surface area contributed by atoms with Crippen LogP contribution in [0.2, 0.25) is 0 Å². The van der Waals surface area contributed by atoms with Gasteiger partial charge in [-0.15, -0.1) is 0 Å². The predicted octanol–water partition coefficient (Wildman–Crippen LogP) is 3.71. The molecule has 2 amide bonds. The van der Waals surface area contributed by atoms with E-state index in [1.807, 2.05) is 31.2 Å². The third-order valence-electron chi connectivity index (χ3n) is 3.87. The number of nitrogens with zero attached hydrogens (tertiary/aromatic N) is 1. The molecule has 136 valence electrons. The summed E-state index contributed by atoms with van der Waals surface area (Å²) < 4.78 is 13.2. The second-order valence-electron chi connectivity index (χ2n) is 6.07. The van der Waals surface area contributed by atoms with Crippen molar-refractivity contribution >= 4 is 17.5 Å². The number of hydrogen-bond donors (Lipinski definition) is 2. The number of carbonyl (C=O) groups excluding carboxylic acids is 2. The van der Waals surface area contributed by atoms with E-state index in [-0.39, 0.29) is 17.2 Å². The molecule has 0 aliphatic heterocycles. The molecule has 0 saturated heterocycles. The summed E-state index contributed by atoms with van der Waals surface area (Å²) in [6.07, 6.45) is 1.39. The first-order valence-electron chi connectivity index (χ1n) is 8.38. The second kappa shape index (κ2) is 8.23. The molecule has 5 nitrogen and oxygen atoms in total. The van der Waals surface area contributed by atoms with Crippen LogP contribution >= 0.6 is 0 Å². The maximum Gasteiger partial charge on any atom is 0.270 e. The van der Waals surface area contributed by atoms with Gasteiger partial charge in [-0.1, -0.05) is 35.9 Å². The van der Waals surface area contributed by atoms with Crippen LogP contribution in [0.5, 0.6) is 0 Å². The molecule has 0 spiro atoms. The summed E-state index contributed by atoms with van der Waals surface area (Å²) in [6.45, 7) is 2.34. The van der Waals surface area contributed by atoms with Gasteiger partial charge in [0.05, 0.1) is 0 Å². The molecular weight excluding hydrogens is 345 g/mol. The van der Waals surface area contributed by atoms with Gasteiger partial charge in [0.2, 0.25) is 0 Å². The van der Waals surface area contributed by atoms with Crippen molar-refractivity contribution in [2.24, 2.45) is 0 Å². The Morgan fingerprint density at radius 2 is 1.81 bits per heavy atom. The number of nitrogens with one attached hydrogen (secondary N) is 2. The Kier molecular flexibility index (Phi) is 5.56. The van der Waals surface area contributed by atoms with E-state index in [2.05, 4.69) is 15.6 Å². The minimum Gasteiger partial charge on any atom is -0.347 e. The summed E-state index contributed by atoms with van der Waals surface area (Å²) in [6, 6.07) is 16.3. The van der Waals surface area contributed by atoms with E-state index < -0.39 is 11.7 Å². The Balaban J connectivity index is 1.67. The highest BCUT2D eigenvalue weighted by Crippen LogP contribution is 2.12. The highest BCUT2D eigenvalue weighted by Gasteiger charge is 2.12. The molecule has 0 saturated carbocycles. The van der Waals surface area contributed by atoms with Crippen molar-refractivity contribution in [1.29, 1.82) is 0 Å². The average molecular weight is 363 g/mol. The molecule has 3 aromatic rings. The Hall–Kier alpha value is -3.54. The van der Waals surface area contributed by atoms with Crippen LogP contribution in [0.4, 0.5) is 10.1 Å². The van der Waals surface area contributed by atoms with Gasteiger partial charge in [-0.3, -0.25) is 14.6 Å². The number of anilines is 1. The number of carbonyl (C=O) groups is 2. The van der Waals surface area contributed by atoms with Gasteiger partial charge in [-0.05, 0) is 42.8 Å². The number of pyridine rings is 1. The van der Waals surface area contributed by atoms with Gasteiger partial charge in [0.15, 0.2) is 0 Å². The standard InChI is InChI=1S/C21H18FN3O2/c1-14-4-2-5-15(10-14)13-24-21(27)19-11-16(8-9-23-19)20(26)25-18-7-3-6-17(22)12-18/h2-12H,13H2,1H3,(H,24,27)(H,25,26). The molecule has 0 bridgehead atoms. The Morgan fingerprint density at radius 1 is 1.00 bits per heavy atom. The highest BCUT2D eigenvalue weighted by molar-refractivity contribution is 6.05. The minimum absolute atomic E-state index is 0.134. The smallest absolute Gasteiger partial charge is 0.270 e. The third kappa shape index (κ3) is 4.98.